The van der Waals surface area contributed by atoms with Crippen molar-refractivity contribution in [1.82, 2.24) is 9.78 Å². The minimum atomic E-state index is 0.119. The summed E-state index contributed by atoms with van der Waals surface area (Å²) in [5.41, 5.74) is 1.20. The van der Waals surface area contributed by atoms with Gasteiger partial charge >= 0.3 is 0 Å². The molecule has 1 aromatic heterocycles. The first kappa shape index (κ1) is 11.2. The molecule has 0 radical (unpaired) electrons. The van der Waals surface area contributed by atoms with Crippen molar-refractivity contribution in [2.24, 2.45) is 0 Å². The van der Waals surface area contributed by atoms with E-state index in [1.54, 1.807) is 0 Å². The summed E-state index contributed by atoms with van der Waals surface area (Å²) in [5.74, 6) is 0. The molecule has 0 aliphatic heterocycles. The number of hydrogen-bond donors (Lipinski definition) is 0. The summed E-state index contributed by atoms with van der Waals surface area (Å²) in [7, 11) is 0. The highest BCUT2D eigenvalue weighted by Gasteiger charge is 2.12. The van der Waals surface area contributed by atoms with Crippen LogP contribution in [0.15, 0.2) is 12.3 Å². The molecule has 0 saturated carbocycles. The van der Waals surface area contributed by atoms with E-state index < -0.39 is 0 Å². The fourth-order valence-electron chi connectivity index (χ4n) is 0.789. The summed E-state index contributed by atoms with van der Waals surface area (Å²) in [6.07, 6.45) is 2.01. The van der Waals surface area contributed by atoms with Crippen LogP contribution in [0.4, 0.5) is 0 Å². The second-order valence-corrected chi connectivity index (χ2v) is 3.57. The normalized spacial score (nSPS) is 10.5. The summed E-state index contributed by atoms with van der Waals surface area (Å²) in [5, 5.41) is 4.30. The third-order valence-electron chi connectivity index (χ3n) is 1.41. The quantitative estimate of drug-likeness (QED) is 0.582. The number of nitrogens with zero attached hydrogens (tertiary/aromatic N) is 2. The van der Waals surface area contributed by atoms with Crippen LogP contribution in [0.5, 0.6) is 0 Å². The van der Waals surface area contributed by atoms with Gasteiger partial charge in [-0.3, -0.25) is 4.68 Å². The van der Waals surface area contributed by atoms with E-state index in [-0.39, 0.29) is 5.54 Å². The van der Waals surface area contributed by atoms with Crippen molar-refractivity contribution in [3.8, 4) is 0 Å². The molecule has 2 nitrogen and oxygen atoms in total. The van der Waals surface area contributed by atoms with Crippen molar-refractivity contribution < 1.29 is 0 Å². The Kier molecular flexibility index (Phi) is 4.01. The Morgan fingerprint density at radius 2 is 1.75 bits per heavy atom. The van der Waals surface area contributed by atoms with E-state index >= 15 is 0 Å². The largest absolute Gasteiger partial charge is 0.267 e. The predicted molar refractivity (Wildman–Crippen MR) is 53.3 cm³/mol. The van der Waals surface area contributed by atoms with Gasteiger partial charge in [0.25, 0.3) is 0 Å². The fraction of sp³-hybridized carbons (Fsp3) is 0.700. The van der Waals surface area contributed by atoms with E-state index in [4.69, 9.17) is 0 Å². The lowest BCUT2D eigenvalue weighted by Gasteiger charge is -2.18. The van der Waals surface area contributed by atoms with Gasteiger partial charge in [-0.25, -0.2) is 0 Å². The predicted octanol–water partition coefficient (Wildman–Crippen LogP) is 2.97. The third kappa shape index (κ3) is 3.07. The van der Waals surface area contributed by atoms with Crippen molar-refractivity contribution >= 4 is 0 Å². The van der Waals surface area contributed by atoms with Crippen LogP contribution in [0.2, 0.25) is 0 Å². The monoisotopic (exact) mass is 168 g/mol. The van der Waals surface area contributed by atoms with Crippen molar-refractivity contribution in [2.45, 2.75) is 47.1 Å². The Morgan fingerprint density at radius 3 is 1.92 bits per heavy atom. The van der Waals surface area contributed by atoms with Crippen molar-refractivity contribution in [1.29, 1.82) is 0 Å². The molecular formula is C10H20N2. The molecule has 0 aliphatic carbocycles. The van der Waals surface area contributed by atoms with Gasteiger partial charge in [-0.2, -0.15) is 5.10 Å². The van der Waals surface area contributed by atoms with Gasteiger partial charge in [0.15, 0.2) is 0 Å². The van der Waals surface area contributed by atoms with Crippen LogP contribution in [0.1, 0.15) is 40.3 Å². The van der Waals surface area contributed by atoms with Crippen LogP contribution >= 0.6 is 0 Å². The van der Waals surface area contributed by atoms with Gasteiger partial charge in [0.2, 0.25) is 0 Å². The highest BCUT2D eigenvalue weighted by atomic mass is 15.3. The lowest BCUT2D eigenvalue weighted by Crippen LogP contribution is -2.22. The fourth-order valence-corrected chi connectivity index (χ4v) is 0.789. The molecule has 12 heavy (non-hydrogen) atoms. The second-order valence-electron chi connectivity index (χ2n) is 3.57. The molecule has 0 spiro atoms. The second kappa shape index (κ2) is 4.29. The number of aromatic nitrogens is 2. The van der Waals surface area contributed by atoms with Gasteiger partial charge in [0.05, 0.1) is 11.2 Å². The van der Waals surface area contributed by atoms with Crippen molar-refractivity contribution in [3.63, 3.8) is 0 Å². The summed E-state index contributed by atoms with van der Waals surface area (Å²) < 4.78 is 1.97. The van der Waals surface area contributed by atoms with E-state index in [2.05, 4.69) is 25.9 Å². The highest BCUT2D eigenvalue weighted by Crippen LogP contribution is 2.11. The zero-order valence-corrected chi connectivity index (χ0v) is 9.05. The average molecular weight is 168 g/mol. The van der Waals surface area contributed by atoms with Crippen LogP contribution in [-0.2, 0) is 5.54 Å². The zero-order valence-electron chi connectivity index (χ0n) is 9.05. The minimum absolute atomic E-state index is 0.119. The molecule has 0 saturated heterocycles. The Bertz CT molecular complexity index is 218. The average Bonchev–Trinajstić information content (AvgIpc) is 2.39. The van der Waals surface area contributed by atoms with Crippen LogP contribution in [-0.4, -0.2) is 9.78 Å². The number of aryl methyl sites for hydroxylation is 1. The Hall–Kier alpha value is -0.790. The van der Waals surface area contributed by atoms with E-state index in [0.717, 1.165) is 5.69 Å². The molecule has 70 valence electrons. The molecule has 1 rings (SSSR count). The van der Waals surface area contributed by atoms with Gasteiger partial charge in [0.1, 0.15) is 0 Å². The molecule has 0 amide bonds. The van der Waals surface area contributed by atoms with Crippen molar-refractivity contribution in [3.05, 3.63) is 18.0 Å². The van der Waals surface area contributed by atoms with Gasteiger partial charge in [-0.1, -0.05) is 13.8 Å². The Balaban J connectivity index is 0.000000561. The molecular weight excluding hydrogens is 148 g/mol. The maximum Gasteiger partial charge on any atom is 0.0593 e. The van der Waals surface area contributed by atoms with Gasteiger partial charge in [-0.15, -0.1) is 0 Å². The number of hydrogen-bond acceptors (Lipinski definition) is 1. The smallest absolute Gasteiger partial charge is 0.0593 e. The molecule has 0 fully saturated rings. The lowest BCUT2D eigenvalue weighted by molar-refractivity contribution is 0.354. The van der Waals surface area contributed by atoms with Gasteiger partial charge in [0, 0.05) is 6.20 Å². The standard InChI is InChI=1S/C8H14N2.C2H6/c1-7-5-6-10(9-7)8(2,3)4;1-2/h5-6H,1-4H3;1-2H3. The molecule has 1 aromatic rings. The topological polar surface area (TPSA) is 17.8 Å². The molecule has 1 heterocycles. The Morgan fingerprint density at radius 1 is 1.25 bits per heavy atom. The van der Waals surface area contributed by atoms with E-state index in [9.17, 15) is 0 Å². The van der Waals surface area contributed by atoms with Crippen molar-refractivity contribution in [2.75, 3.05) is 0 Å². The van der Waals surface area contributed by atoms with Gasteiger partial charge in [-0.05, 0) is 33.8 Å². The molecule has 0 unspecified atom stereocenters. The zero-order chi connectivity index (χ0) is 9.78. The van der Waals surface area contributed by atoms with E-state index in [1.165, 1.54) is 0 Å². The van der Waals surface area contributed by atoms with Crippen LogP contribution in [0, 0.1) is 6.92 Å². The first-order valence-electron chi connectivity index (χ1n) is 4.53. The van der Waals surface area contributed by atoms with Crippen LogP contribution < -0.4 is 0 Å². The van der Waals surface area contributed by atoms with E-state index in [0.29, 0.717) is 0 Å². The lowest BCUT2D eigenvalue weighted by atomic mass is 10.1. The molecule has 2 heteroatoms. The Labute approximate surface area is 75.6 Å². The molecule has 0 N–H and O–H groups in total. The molecule has 0 bridgehead atoms. The summed E-state index contributed by atoms with van der Waals surface area (Å²) in [6.45, 7) is 12.4. The van der Waals surface area contributed by atoms with Crippen LogP contribution in [0.3, 0.4) is 0 Å². The summed E-state index contributed by atoms with van der Waals surface area (Å²) in [6, 6.07) is 2.02. The molecule has 0 aliphatic rings. The highest BCUT2D eigenvalue weighted by molar-refractivity contribution is 4.96. The first-order chi connectivity index (χ1) is 5.50. The van der Waals surface area contributed by atoms with E-state index in [1.807, 2.05) is 37.7 Å². The maximum absolute atomic E-state index is 4.30. The summed E-state index contributed by atoms with van der Waals surface area (Å²) in [4.78, 5) is 0. The minimum Gasteiger partial charge on any atom is -0.267 e. The molecule has 0 atom stereocenters. The summed E-state index contributed by atoms with van der Waals surface area (Å²) >= 11 is 0. The molecule has 0 aromatic carbocycles. The SMILES string of the molecule is CC.Cc1ccn(C(C)(C)C)n1. The number of rotatable bonds is 0. The maximum atomic E-state index is 4.30. The third-order valence-corrected chi connectivity index (χ3v) is 1.41. The first-order valence-corrected chi connectivity index (χ1v) is 4.53. The van der Waals surface area contributed by atoms with Crippen LogP contribution in [0.25, 0.3) is 0 Å². The van der Waals surface area contributed by atoms with Gasteiger partial charge < -0.3 is 0 Å².